The highest BCUT2D eigenvalue weighted by Crippen LogP contribution is 2.38. The Kier molecular flexibility index (Phi) is 9.26. The second kappa shape index (κ2) is 12.2. The van der Waals surface area contributed by atoms with Crippen LogP contribution in [0.25, 0.3) is 11.1 Å². The third-order valence-corrected chi connectivity index (χ3v) is 5.95. The van der Waals surface area contributed by atoms with E-state index < -0.39 is 42.0 Å². The third-order valence-electron chi connectivity index (χ3n) is 5.95. The molecule has 0 saturated carbocycles. The maximum Gasteiger partial charge on any atom is 0.416 e. The van der Waals surface area contributed by atoms with E-state index in [2.05, 4.69) is 4.74 Å². The quantitative estimate of drug-likeness (QED) is 0.218. The van der Waals surface area contributed by atoms with Gasteiger partial charge in [-0.2, -0.15) is 26.3 Å². The molecular weight excluding hydrogens is 528 g/mol. The number of alkyl halides is 6. The molecule has 3 aromatic carbocycles. The van der Waals surface area contributed by atoms with Gasteiger partial charge in [0, 0.05) is 13.1 Å². The fourth-order valence-electron chi connectivity index (χ4n) is 3.87. The maximum atomic E-state index is 13.8. The van der Waals surface area contributed by atoms with E-state index in [-0.39, 0.29) is 42.0 Å². The van der Waals surface area contributed by atoms with Gasteiger partial charge in [0.2, 0.25) is 0 Å². The highest BCUT2D eigenvalue weighted by atomic mass is 19.4. The number of rotatable bonds is 8. The first kappa shape index (κ1) is 29.5. The summed E-state index contributed by atoms with van der Waals surface area (Å²) in [7, 11) is 1.08. The van der Waals surface area contributed by atoms with E-state index in [0.29, 0.717) is 5.56 Å². The minimum Gasteiger partial charge on any atom is -0.469 e. The van der Waals surface area contributed by atoms with E-state index in [1.807, 2.05) is 0 Å². The lowest BCUT2D eigenvalue weighted by Gasteiger charge is -2.25. The van der Waals surface area contributed by atoms with Gasteiger partial charge in [-0.3, -0.25) is 4.79 Å². The predicted octanol–water partition coefficient (Wildman–Crippen LogP) is 7.27. The van der Waals surface area contributed by atoms with E-state index >= 15 is 0 Å². The van der Waals surface area contributed by atoms with Gasteiger partial charge in [-0.1, -0.05) is 42.5 Å². The van der Waals surface area contributed by atoms with Crippen LogP contribution in [0.1, 0.15) is 34.7 Å². The summed E-state index contributed by atoms with van der Waals surface area (Å²) in [6.45, 7) is 1.40. The summed E-state index contributed by atoms with van der Waals surface area (Å²) in [4.78, 5) is 26.2. The highest BCUT2D eigenvalue weighted by molar-refractivity contribution is 5.77. The Hall–Kier alpha value is -4.02. The molecule has 0 aliphatic carbocycles. The fraction of sp³-hybridized carbons (Fsp3) is 0.286. The lowest BCUT2D eigenvalue weighted by Crippen LogP contribution is -2.31. The Morgan fingerprint density at radius 2 is 1.46 bits per heavy atom. The molecule has 0 bridgehead atoms. The summed E-state index contributed by atoms with van der Waals surface area (Å²) >= 11 is 0. The highest BCUT2D eigenvalue weighted by Gasteiger charge is 2.34. The van der Waals surface area contributed by atoms with Gasteiger partial charge in [0.15, 0.2) is 0 Å². The van der Waals surface area contributed by atoms with Crippen molar-refractivity contribution in [2.45, 2.75) is 38.8 Å². The molecule has 0 atom stereocenters. The third kappa shape index (κ3) is 7.75. The molecule has 0 aromatic heterocycles. The molecule has 0 heterocycles. The predicted molar refractivity (Wildman–Crippen MR) is 130 cm³/mol. The van der Waals surface area contributed by atoms with E-state index in [1.165, 1.54) is 4.90 Å². The lowest BCUT2D eigenvalue weighted by atomic mass is 9.90. The van der Waals surface area contributed by atoms with Crippen LogP contribution in [0.2, 0.25) is 0 Å². The number of ether oxygens (including phenoxy) is 2. The standard InChI is InChI=1S/C28H25F6NO4/c1-3-35(26(37)39-17-18-7-5-4-6-8-18)16-24-20(14-25(36)38-2)13-22(28(32,33)34)15-23(24)19-9-11-21(12-10-19)27(29,30)31/h4-13,15H,3,14,16-17H2,1-2H3. The molecule has 5 nitrogen and oxygen atoms in total. The number of carbonyl (C=O) groups excluding carboxylic acids is 2. The molecule has 3 rings (SSSR count). The Labute approximate surface area is 220 Å². The number of benzene rings is 3. The second-order valence-electron chi connectivity index (χ2n) is 8.54. The van der Waals surface area contributed by atoms with Crippen molar-refractivity contribution < 1.29 is 45.4 Å². The molecule has 1 amide bonds. The van der Waals surface area contributed by atoms with Gasteiger partial charge in [-0.25, -0.2) is 4.79 Å². The molecule has 0 spiro atoms. The van der Waals surface area contributed by atoms with Crippen LogP contribution in [-0.4, -0.2) is 30.6 Å². The number of esters is 1. The van der Waals surface area contributed by atoms with E-state index in [1.54, 1.807) is 37.3 Å². The van der Waals surface area contributed by atoms with E-state index in [9.17, 15) is 35.9 Å². The average molecular weight is 553 g/mol. The van der Waals surface area contributed by atoms with Crippen molar-refractivity contribution in [3.8, 4) is 11.1 Å². The Balaban J connectivity index is 2.09. The smallest absolute Gasteiger partial charge is 0.416 e. The Morgan fingerprint density at radius 1 is 0.846 bits per heavy atom. The summed E-state index contributed by atoms with van der Waals surface area (Å²) < 4.78 is 90.8. The SMILES string of the molecule is CCN(Cc1c(CC(=O)OC)cc(C(F)(F)F)cc1-c1ccc(C(F)(F)F)cc1)C(=O)OCc1ccccc1. The molecule has 0 aliphatic heterocycles. The number of hydrogen-bond donors (Lipinski definition) is 0. The molecule has 0 unspecified atom stereocenters. The van der Waals surface area contributed by atoms with E-state index in [4.69, 9.17) is 4.74 Å². The van der Waals surface area contributed by atoms with Crippen LogP contribution in [0, 0.1) is 0 Å². The number of nitrogens with zero attached hydrogens (tertiary/aromatic N) is 1. The number of carbonyl (C=O) groups is 2. The number of halogens is 6. The van der Waals surface area contributed by atoms with Crippen molar-refractivity contribution in [3.05, 3.63) is 94.5 Å². The minimum atomic E-state index is -4.82. The Morgan fingerprint density at radius 3 is 2.00 bits per heavy atom. The van der Waals surface area contributed by atoms with Crippen LogP contribution in [0.15, 0.2) is 66.7 Å². The van der Waals surface area contributed by atoms with Crippen LogP contribution < -0.4 is 0 Å². The summed E-state index contributed by atoms with van der Waals surface area (Å²) in [5.41, 5.74) is -1.33. The molecule has 0 fully saturated rings. The van der Waals surface area contributed by atoms with Gasteiger partial charge in [-0.15, -0.1) is 0 Å². The summed E-state index contributed by atoms with van der Waals surface area (Å²) in [6, 6.07) is 14.0. The van der Waals surface area contributed by atoms with Crippen LogP contribution in [-0.2, 0) is 46.2 Å². The first-order valence-electron chi connectivity index (χ1n) is 11.8. The molecule has 0 aliphatic rings. The van der Waals surface area contributed by atoms with Crippen molar-refractivity contribution in [1.82, 2.24) is 4.90 Å². The average Bonchev–Trinajstić information content (AvgIpc) is 2.90. The number of hydrogen-bond acceptors (Lipinski definition) is 4. The largest absolute Gasteiger partial charge is 0.469 e. The zero-order valence-electron chi connectivity index (χ0n) is 21.0. The van der Waals surface area contributed by atoms with Gasteiger partial charge in [0.25, 0.3) is 0 Å². The molecular formula is C28H25F6NO4. The van der Waals surface area contributed by atoms with Crippen molar-refractivity contribution in [1.29, 1.82) is 0 Å². The zero-order chi connectivity index (χ0) is 28.8. The fourth-order valence-corrected chi connectivity index (χ4v) is 3.87. The molecule has 0 N–H and O–H groups in total. The monoisotopic (exact) mass is 553 g/mol. The van der Waals surface area contributed by atoms with Crippen LogP contribution in [0.5, 0.6) is 0 Å². The molecule has 0 radical (unpaired) electrons. The van der Waals surface area contributed by atoms with Crippen molar-refractivity contribution in [3.63, 3.8) is 0 Å². The van der Waals surface area contributed by atoms with Crippen molar-refractivity contribution in [2.75, 3.05) is 13.7 Å². The van der Waals surface area contributed by atoms with Crippen molar-refractivity contribution >= 4 is 12.1 Å². The van der Waals surface area contributed by atoms with Gasteiger partial charge in [0.1, 0.15) is 6.61 Å². The molecule has 11 heteroatoms. The van der Waals surface area contributed by atoms with Gasteiger partial charge in [0.05, 0.1) is 24.7 Å². The van der Waals surface area contributed by atoms with Crippen LogP contribution in [0.4, 0.5) is 31.1 Å². The molecule has 3 aromatic rings. The normalized spacial score (nSPS) is 11.7. The van der Waals surface area contributed by atoms with Gasteiger partial charge >= 0.3 is 24.4 Å². The Bertz CT molecular complexity index is 1290. The summed E-state index contributed by atoms with van der Waals surface area (Å²) in [6.07, 6.45) is -10.8. The van der Waals surface area contributed by atoms with Crippen molar-refractivity contribution in [2.24, 2.45) is 0 Å². The number of methoxy groups -OCH3 is 1. The minimum absolute atomic E-state index is 0.0453. The van der Waals surface area contributed by atoms with Gasteiger partial charge in [-0.05, 0) is 59.0 Å². The van der Waals surface area contributed by atoms with E-state index in [0.717, 1.165) is 43.5 Å². The van der Waals surface area contributed by atoms with Gasteiger partial charge < -0.3 is 14.4 Å². The molecule has 0 saturated heterocycles. The summed E-state index contributed by atoms with van der Waals surface area (Å²) in [5.74, 6) is -0.830. The second-order valence-corrected chi connectivity index (χ2v) is 8.54. The van der Waals surface area contributed by atoms with Crippen LogP contribution >= 0.6 is 0 Å². The summed E-state index contributed by atoms with van der Waals surface area (Å²) in [5, 5.41) is 0. The number of amides is 1. The molecule has 39 heavy (non-hydrogen) atoms. The topological polar surface area (TPSA) is 55.8 Å². The van der Waals surface area contributed by atoms with Crippen LogP contribution in [0.3, 0.4) is 0 Å². The zero-order valence-corrected chi connectivity index (χ0v) is 21.0. The molecule has 208 valence electrons. The maximum absolute atomic E-state index is 13.8. The first-order valence-corrected chi connectivity index (χ1v) is 11.8. The lowest BCUT2D eigenvalue weighted by molar-refractivity contribution is -0.140. The first-order chi connectivity index (χ1) is 18.3.